The van der Waals surface area contributed by atoms with E-state index >= 15 is 0 Å². The molecule has 1 heterocycles. The van der Waals surface area contributed by atoms with E-state index in [1.165, 1.54) is 29.5 Å². The lowest BCUT2D eigenvalue weighted by Crippen LogP contribution is -2.19. The second-order valence-corrected chi connectivity index (χ2v) is 3.90. The number of hydrogen-bond acceptors (Lipinski definition) is 2. The predicted molar refractivity (Wildman–Crippen MR) is 53.3 cm³/mol. The Morgan fingerprint density at radius 3 is 2.38 bits per heavy atom. The van der Waals surface area contributed by atoms with Gasteiger partial charge >= 0.3 is 6.36 Å². The van der Waals surface area contributed by atoms with Crippen LogP contribution in [0.15, 0.2) is 6.07 Å². The van der Waals surface area contributed by atoms with Crippen LogP contribution in [-0.2, 0) is 0 Å². The Balaban J connectivity index is 3.19. The average molecular weight is 353 g/mol. The monoisotopic (exact) mass is 353 g/mol. The van der Waals surface area contributed by atoms with Gasteiger partial charge in [-0.3, -0.25) is 0 Å². The minimum atomic E-state index is -4.94. The number of rotatable bonds is 2. The van der Waals surface area contributed by atoms with Crippen LogP contribution in [-0.4, -0.2) is 11.3 Å². The highest BCUT2D eigenvalue weighted by atomic mass is 127. The summed E-state index contributed by atoms with van der Waals surface area (Å²) in [6.07, 6.45) is -7.82. The van der Waals surface area contributed by atoms with Gasteiger partial charge in [0.1, 0.15) is 0 Å². The largest absolute Gasteiger partial charge is 0.574 e. The molecule has 0 aromatic carbocycles. The smallest absolute Gasteiger partial charge is 0.387 e. The fourth-order valence-corrected chi connectivity index (χ4v) is 1.61. The van der Waals surface area contributed by atoms with E-state index in [1.54, 1.807) is 0 Å². The maximum absolute atomic E-state index is 12.5. The average Bonchev–Trinajstić information content (AvgIpc) is 2.07. The third kappa shape index (κ3) is 3.42. The summed E-state index contributed by atoms with van der Waals surface area (Å²) in [6.45, 7) is 1.31. The first-order chi connectivity index (χ1) is 7.20. The van der Waals surface area contributed by atoms with Crippen molar-refractivity contribution in [3.8, 4) is 5.88 Å². The minimum absolute atomic E-state index is 0.0370. The van der Waals surface area contributed by atoms with E-state index < -0.39 is 24.2 Å². The lowest BCUT2D eigenvalue weighted by atomic mass is 10.2. The van der Waals surface area contributed by atoms with Gasteiger partial charge in [-0.2, -0.15) is 0 Å². The zero-order valence-electron chi connectivity index (χ0n) is 7.78. The molecule has 0 amide bonds. The van der Waals surface area contributed by atoms with Gasteiger partial charge in [0.25, 0.3) is 6.43 Å². The third-order valence-corrected chi connectivity index (χ3v) is 2.62. The zero-order chi connectivity index (χ0) is 12.5. The molecule has 0 saturated carbocycles. The molecule has 0 spiro atoms. The maximum Gasteiger partial charge on any atom is 0.574 e. The topological polar surface area (TPSA) is 22.1 Å². The molecule has 1 rings (SSSR count). The van der Waals surface area contributed by atoms with Crippen LogP contribution in [0.2, 0.25) is 0 Å². The maximum atomic E-state index is 12.5. The van der Waals surface area contributed by atoms with Crippen LogP contribution in [0, 0.1) is 10.5 Å². The van der Waals surface area contributed by atoms with Gasteiger partial charge in [-0.15, -0.1) is 13.2 Å². The van der Waals surface area contributed by atoms with Gasteiger partial charge in [-0.25, -0.2) is 13.8 Å². The Morgan fingerprint density at radius 2 is 1.94 bits per heavy atom. The molecular formula is C8H5F5INO. The number of aryl methyl sites for hydroxylation is 1. The van der Waals surface area contributed by atoms with Crippen molar-refractivity contribution in [1.82, 2.24) is 4.98 Å². The zero-order valence-corrected chi connectivity index (χ0v) is 9.94. The van der Waals surface area contributed by atoms with Crippen LogP contribution in [0.1, 0.15) is 17.7 Å². The molecule has 0 aliphatic rings. The van der Waals surface area contributed by atoms with Gasteiger partial charge in [0.2, 0.25) is 5.88 Å². The molecule has 0 bridgehead atoms. The number of nitrogens with zero attached hydrogens (tertiary/aromatic N) is 1. The number of hydrogen-bond donors (Lipinski definition) is 0. The number of aromatic nitrogens is 1. The first-order valence-electron chi connectivity index (χ1n) is 3.91. The Labute approximate surface area is 101 Å². The van der Waals surface area contributed by atoms with Gasteiger partial charge in [0, 0.05) is 11.3 Å². The van der Waals surface area contributed by atoms with Crippen LogP contribution in [0.25, 0.3) is 0 Å². The van der Waals surface area contributed by atoms with Gasteiger partial charge < -0.3 is 4.74 Å². The fraction of sp³-hybridized carbons (Fsp3) is 0.375. The summed E-state index contributed by atoms with van der Waals surface area (Å²) in [5.41, 5.74) is -0.484. The SMILES string of the molecule is Cc1cc(C(F)F)c(I)c(OC(F)(F)F)n1. The van der Waals surface area contributed by atoms with E-state index in [2.05, 4.69) is 9.72 Å². The van der Waals surface area contributed by atoms with Crippen LogP contribution in [0.4, 0.5) is 22.0 Å². The molecule has 0 saturated heterocycles. The summed E-state index contributed by atoms with van der Waals surface area (Å²) >= 11 is 1.35. The number of pyridine rings is 1. The van der Waals surface area contributed by atoms with Crippen molar-refractivity contribution in [3.05, 3.63) is 20.9 Å². The van der Waals surface area contributed by atoms with E-state index in [-0.39, 0.29) is 9.26 Å². The van der Waals surface area contributed by atoms with Gasteiger partial charge in [0.15, 0.2) is 0 Å². The minimum Gasteiger partial charge on any atom is -0.387 e. The molecule has 2 nitrogen and oxygen atoms in total. The van der Waals surface area contributed by atoms with Crippen LogP contribution in [0.3, 0.4) is 0 Å². The highest BCUT2D eigenvalue weighted by molar-refractivity contribution is 14.1. The van der Waals surface area contributed by atoms with E-state index in [9.17, 15) is 22.0 Å². The van der Waals surface area contributed by atoms with Crippen LogP contribution >= 0.6 is 22.6 Å². The summed E-state index contributed by atoms with van der Waals surface area (Å²) < 4.78 is 63.9. The highest BCUT2D eigenvalue weighted by Crippen LogP contribution is 2.33. The van der Waals surface area contributed by atoms with Crippen molar-refractivity contribution in [2.45, 2.75) is 19.7 Å². The second kappa shape index (κ2) is 4.68. The molecule has 0 N–H and O–H groups in total. The number of ether oxygens (including phenoxy) is 1. The highest BCUT2D eigenvalue weighted by Gasteiger charge is 2.33. The molecule has 0 unspecified atom stereocenters. The van der Waals surface area contributed by atoms with Gasteiger partial charge in [0.05, 0.1) is 3.57 Å². The normalized spacial score (nSPS) is 12.0. The van der Waals surface area contributed by atoms with E-state index in [4.69, 9.17) is 0 Å². The first kappa shape index (κ1) is 13.4. The molecule has 1 aromatic rings. The molecule has 0 radical (unpaired) electrons. The Bertz CT molecular complexity index is 393. The lowest BCUT2D eigenvalue weighted by molar-refractivity contribution is -0.276. The Hall–Kier alpha value is -0.670. The summed E-state index contributed by atoms with van der Waals surface area (Å²) in [5, 5.41) is 0. The van der Waals surface area contributed by atoms with Crippen molar-refractivity contribution in [2.75, 3.05) is 0 Å². The predicted octanol–water partition coefficient (Wildman–Crippen LogP) is 3.83. The summed E-state index contributed by atoms with van der Waals surface area (Å²) in [7, 11) is 0. The molecule has 0 aliphatic heterocycles. The third-order valence-electron chi connectivity index (χ3n) is 1.53. The molecule has 1 aromatic heterocycles. The lowest BCUT2D eigenvalue weighted by Gasteiger charge is -2.12. The van der Waals surface area contributed by atoms with E-state index in [0.29, 0.717) is 0 Å². The summed E-state index contributed by atoms with van der Waals surface area (Å²) in [6, 6.07) is 1.02. The molecule has 0 atom stereocenters. The van der Waals surface area contributed by atoms with Gasteiger partial charge in [-0.1, -0.05) is 0 Å². The first-order valence-corrected chi connectivity index (χ1v) is 4.99. The van der Waals surface area contributed by atoms with Crippen molar-refractivity contribution in [2.24, 2.45) is 0 Å². The van der Waals surface area contributed by atoms with Crippen molar-refractivity contribution < 1.29 is 26.7 Å². The molecule has 8 heteroatoms. The van der Waals surface area contributed by atoms with Crippen molar-refractivity contribution in [3.63, 3.8) is 0 Å². The second-order valence-electron chi connectivity index (χ2n) is 2.82. The summed E-state index contributed by atoms with van der Waals surface area (Å²) in [4.78, 5) is 3.42. The number of halogens is 6. The van der Waals surface area contributed by atoms with Crippen molar-refractivity contribution in [1.29, 1.82) is 0 Å². The molecule has 0 aliphatic carbocycles. The quantitative estimate of drug-likeness (QED) is 0.596. The van der Waals surface area contributed by atoms with Crippen molar-refractivity contribution >= 4 is 22.6 Å². The Kier molecular flexibility index (Phi) is 3.92. The standard InChI is InChI=1S/C8H5F5INO/c1-3-2-4(6(9)10)5(14)7(15-3)16-8(11,12)13/h2,6H,1H3. The molecular weight excluding hydrogens is 348 g/mol. The molecule has 90 valence electrons. The molecule has 0 fully saturated rings. The van der Waals surface area contributed by atoms with Gasteiger partial charge in [-0.05, 0) is 35.6 Å². The van der Waals surface area contributed by atoms with Crippen LogP contribution < -0.4 is 4.74 Å². The van der Waals surface area contributed by atoms with E-state index in [0.717, 1.165) is 6.07 Å². The van der Waals surface area contributed by atoms with E-state index in [1.807, 2.05) is 0 Å². The Morgan fingerprint density at radius 1 is 1.38 bits per heavy atom. The summed E-state index contributed by atoms with van der Waals surface area (Å²) in [5.74, 6) is -0.844. The molecule has 16 heavy (non-hydrogen) atoms. The fourth-order valence-electron chi connectivity index (χ4n) is 0.989. The number of alkyl halides is 5. The van der Waals surface area contributed by atoms with Crippen LogP contribution in [0.5, 0.6) is 5.88 Å².